The lowest BCUT2D eigenvalue weighted by Gasteiger charge is -2.13. The van der Waals surface area contributed by atoms with E-state index in [0.717, 1.165) is 20.3 Å². The number of halogens is 4. The lowest BCUT2D eigenvalue weighted by molar-refractivity contribution is 0.774. The van der Waals surface area contributed by atoms with Gasteiger partial charge in [0.15, 0.2) is 0 Å². The maximum absolute atomic E-state index is 13.0. The summed E-state index contributed by atoms with van der Waals surface area (Å²) in [6, 6.07) is 38.9. The van der Waals surface area contributed by atoms with Crippen LogP contribution in [0, 0.1) is 23.7 Å². The maximum atomic E-state index is 13.0. The minimum atomic E-state index is -0.527. The third kappa shape index (κ3) is 8.01. The monoisotopic (exact) mass is 840 g/mol. The number of nitrogens with zero attached hydrogens (tertiary/aromatic N) is 4. The molecule has 0 fully saturated rings. The predicted octanol–water partition coefficient (Wildman–Crippen LogP) is 8.79. The minimum absolute atomic E-state index is 0.255. The van der Waals surface area contributed by atoms with Gasteiger partial charge in [0.25, 0.3) is 11.1 Å². The quantitative estimate of drug-likeness (QED) is 0.163. The van der Waals surface area contributed by atoms with Crippen LogP contribution in [0.25, 0.3) is 33.2 Å². The highest BCUT2D eigenvalue weighted by molar-refractivity contribution is 6.35. The molecule has 0 aliphatic carbocycles. The van der Waals surface area contributed by atoms with E-state index in [9.17, 15) is 19.2 Å². The van der Waals surface area contributed by atoms with Crippen LogP contribution in [0.5, 0.6) is 0 Å². The zero-order chi connectivity index (χ0) is 41.1. The van der Waals surface area contributed by atoms with E-state index in [1.807, 2.05) is 60.7 Å². The molecule has 0 spiro atoms. The van der Waals surface area contributed by atoms with Crippen LogP contribution < -0.4 is 22.5 Å². The van der Waals surface area contributed by atoms with Gasteiger partial charge in [-0.2, -0.15) is 0 Å². The molecule has 2 heterocycles. The molecule has 58 heavy (non-hydrogen) atoms. The Kier molecular flexibility index (Phi) is 11.6. The number of aromatic nitrogens is 4. The van der Waals surface area contributed by atoms with Crippen molar-refractivity contribution in [2.24, 2.45) is 14.1 Å². The Bertz CT molecular complexity index is 3290. The van der Waals surface area contributed by atoms with Crippen molar-refractivity contribution in [3.05, 3.63) is 217 Å². The zero-order valence-electron chi connectivity index (χ0n) is 30.6. The number of hydrogen-bond acceptors (Lipinski definition) is 4. The molecule has 8 rings (SSSR count). The van der Waals surface area contributed by atoms with Crippen molar-refractivity contribution in [3.63, 3.8) is 0 Å². The number of aryl methyl sites for hydroxylation is 2. The molecular formula is C46H28Cl4N4O4. The van der Waals surface area contributed by atoms with Crippen molar-refractivity contribution in [3.8, 4) is 35.1 Å². The van der Waals surface area contributed by atoms with Gasteiger partial charge in [0.2, 0.25) is 0 Å². The molecule has 0 unspecified atom stereocenters. The fraction of sp³-hybridized carbons (Fsp3) is 0.0435. The average Bonchev–Trinajstić information content (AvgIpc) is 3.23. The fourth-order valence-electron chi connectivity index (χ4n) is 6.19. The fourth-order valence-corrected chi connectivity index (χ4v) is 7.19. The molecule has 12 heteroatoms. The number of para-hydroxylation sites is 1. The summed E-state index contributed by atoms with van der Waals surface area (Å²) < 4.78 is 4.84. The van der Waals surface area contributed by atoms with Gasteiger partial charge >= 0.3 is 11.4 Å². The third-order valence-corrected chi connectivity index (χ3v) is 10.2. The summed E-state index contributed by atoms with van der Waals surface area (Å²) >= 11 is 25.0. The normalized spacial score (nSPS) is 10.6. The number of hydrogen-bond donors (Lipinski definition) is 0. The highest BCUT2D eigenvalue weighted by atomic mass is 35.5. The van der Waals surface area contributed by atoms with Gasteiger partial charge < -0.3 is 0 Å². The van der Waals surface area contributed by atoms with Gasteiger partial charge in [0, 0.05) is 41.4 Å². The van der Waals surface area contributed by atoms with Gasteiger partial charge in [0.05, 0.1) is 48.2 Å². The predicted molar refractivity (Wildman–Crippen MR) is 234 cm³/mol. The van der Waals surface area contributed by atoms with E-state index in [1.165, 1.54) is 9.13 Å². The Morgan fingerprint density at radius 3 is 1.43 bits per heavy atom. The van der Waals surface area contributed by atoms with E-state index in [-0.39, 0.29) is 10.0 Å². The zero-order valence-corrected chi connectivity index (χ0v) is 33.7. The Balaban J connectivity index is 0.000000177. The van der Waals surface area contributed by atoms with Gasteiger partial charge in [-0.05, 0) is 91.0 Å². The molecule has 0 N–H and O–H groups in total. The summed E-state index contributed by atoms with van der Waals surface area (Å²) in [5.41, 5.74) is 2.61. The van der Waals surface area contributed by atoms with E-state index in [1.54, 1.807) is 86.9 Å². The van der Waals surface area contributed by atoms with Crippen molar-refractivity contribution in [1.29, 1.82) is 0 Å². The van der Waals surface area contributed by atoms with E-state index in [2.05, 4.69) is 23.7 Å². The van der Waals surface area contributed by atoms with Gasteiger partial charge in [0.1, 0.15) is 0 Å². The molecule has 0 aliphatic heterocycles. The molecule has 0 saturated carbocycles. The summed E-state index contributed by atoms with van der Waals surface area (Å²) in [6.45, 7) is 0. The van der Waals surface area contributed by atoms with Crippen LogP contribution in [0.4, 0.5) is 0 Å². The Hall–Kier alpha value is -6.52. The summed E-state index contributed by atoms with van der Waals surface area (Å²) in [7, 11) is 3.16. The highest BCUT2D eigenvalue weighted by Gasteiger charge is 2.17. The SMILES string of the molecule is Cn1c(=O)n(-c2ccc(C#Cc3ccccc3)cc2Cl)c(=O)c2ccc(Cl)cc21.Cn1c(=O)n(-c2ccc(C#Cc3ccccc3)cc2Cl)c(=O)c2cccc(Cl)c21. The molecule has 0 aliphatic rings. The van der Waals surface area contributed by atoms with E-state index < -0.39 is 22.5 Å². The molecule has 0 bridgehead atoms. The van der Waals surface area contributed by atoms with Crippen LogP contribution in [-0.4, -0.2) is 18.3 Å². The Labute approximate surface area is 351 Å². The van der Waals surface area contributed by atoms with E-state index in [0.29, 0.717) is 54.4 Å². The second-order valence-corrected chi connectivity index (χ2v) is 14.5. The molecule has 6 aromatic carbocycles. The van der Waals surface area contributed by atoms with Gasteiger partial charge in [-0.25, -0.2) is 18.7 Å². The molecule has 0 atom stereocenters. The molecule has 0 amide bonds. The van der Waals surface area contributed by atoms with Crippen molar-refractivity contribution >= 4 is 68.2 Å². The van der Waals surface area contributed by atoms with Crippen molar-refractivity contribution in [2.75, 3.05) is 0 Å². The van der Waals surface area contributed by atoms with Crippen LogP contribution in [0.3, 0.4) is 0 Å². The summed E-state index contributed by atoms with van der Waals surface area (Å²) in [5, 5.41) is 2.01. The molecule has 0 saturated heterocycles. The number of fused-ring (bicyclic) bond motifs is 2. The van der Waals surface area contributed by atoms with Gasteiger partial charge in [-0.3, -0.25) is 18.7 Å². The van der Waals surface area contributed by atoms with Crippen LogP contribution in [-0.2, 0) is 14.1 Å². The Morgan fingerprint density at radius 1 is 0.431 bits per heavy atom. The first-order valence-electron chi connectivity index (χ1n) is 17.5. The van der Waals surface area contributed by atoms with Crippen molar-refractivity contribution in [2.45, 2.75) is 0 Å². The standard InChI is InChI=1S/2C23H14Cl2N2O2/c1-26-21-17(8-5-9-18(21)24)22(28)27(23(26)29)20-13-12-16(14-19(20)25)11-10-15-6-3-2-4-7-15;1-26-21-14-17(24)10-11-18(21)22(28)27(23(26)29)20-12-9-16(13-19(20)25)8-7-15-5-3-2-4-6-15/h2-9,12-14H,1H3;2-6,9-14H,1H3. The van der Waals surface area contributed by atoms with Crippen LogP contribution in [0.1, 0.15) is 22.3 Å². The highest BCUT2D eigenvalue weighted by Crippen LogP contribution is 2.24. The average molecular weight is 843 g/mol. The van der Waals surface area contributed by atoms with Crippen LogP contribution >= 0.6 is 46.4 Å². The lowest BCUT2D eigenvalue weighted by Crippen LogP contribution is -2.38. The van der Waals surface area contributed by atoms with Crippen molar-refractivity contribution < 1.29 is 0 Å². The molecule has 2 aromatic heterocycles. The van der Waals surface area contributed by atoms with E-state index >= 15 is 0 Å². The molecule has 8 nitrogen and oxygen atoms in total. The molecular weight excluding hydrogens is 814 g/mol. The molecule has 8 aromatic rings. The minimum Gasteiger partial charge on any atom is -0.296 e. The van der Waals surface area contributed by atoms with Gasteiger partial charge in [-0.15, -0.1) is 0 Å². The molecule has 0 radical (unpaired) electrons. The van der Waals surface area contributed by atoms with Crippen LogP contribution in [0.2, 0.25) is 20.1 Å². The van der Waals surface area contributed by atoms with Gasteiger partial charge in [-0.1, -0.05) is 113 Å². The Morgan fingerprint density at radius 2 is 0.914 bits per heavy atom. The van der Waals surface area contributed by atoms with Crippen LogP contribution in [0.15, 0.2) is 153 Å². The number of rotatable bonds is 2. The lowest BCUT2D eigenvalue weighted by atomic mass is 10.1. The smallest absolute Gasteiger partial charge is 0.296 e. The first kappa shape index (κ1) is 39.7. The second kappa shape index (κ2) is 16.9. The van der Waals surface area contributed by atoms with Crippen molar-refractivity contribution in [1.82, 2.24) is 18.3 Å². The summed E-state index contributed by atoms with van der Waals surface area (Å²) in [6.07, 6.45) is 0. The molecule has 284 valence electrons. The summed E-state index contributed by atoms with van der Waals surface area (Å²) in [5.74, 6) is 12.2. The summed E-state index contributed by atoms with van der Waals surface area (Å²) in [4.78, 5) is 51.7. The maximum Gasteiger partial charge on any atom is 0.335 e. The second-order valence-electron chi connectivity index (χ2n) is 12.8. The largest absolute Gasteiger partial charge is 0.335 e. The first-order valence-corrected chi connectivity index (χ1v) is 19.0. The topological polar surface area (TPSA) is 88.0 Å². The third-order valence-electron chi connectivity index (χ3n) is 9.09. The van der Waals surface area contributed by atoms with E-state index in [4.69, 9.17) is 46.4 Å². The first-order chi connectivity index (χ1) is 27.9. The number of benzene rings is 6.